The fourth-order valence-electron chi connectivity index (χ4n) is 3.12. The number of nitrogens with one attached hydrogen (secondary N) is 1. The molecule has 0 bridgehead atoms. The van der Waals surface area contributed by atoms with E-state index >= 15 is 0 Å². The molecule has 3 aromatic rings. The molecule has 0 aliphatic rings. The molecule has 1 unspecified atom stereocenters. The monoisotopic (exact) mass is 500 g/mol. The third-order valence-corrected chi connectivity index (χ3v) is 5.82. The minimum atomic E-state index is -0.740. The highest BCUT2D eigenvalue weighted by atomic mass is 35.5. The van der Waals surface area contributed by atoms with Gasteiger partial charge in [0.1, 0.15) is 12.4 Å². The predicted molar refractivity (Wildman–Crippen MR) is 136 cm³/mol. The molecule has 0 heterocycles. The maximum Gasteiger partial charge on any atom is 0.280 e. The van der Waals surface area contributed by atoms with Crippen LogP contribution in [0.25, 0.3) is 0 Å². The molecule has 1 N–H and O–H groups in total. The number of halogens is 2. The van der Waals surface area contributed by atoms with Crippen LogP contribution in [0.2, 0.25) is 10.0 Å². The Labute approximate surface area is 209 Å². The molecule has 0 saturated heterocycles. The van der Waals surface area contributed by atoms with Gasteiger partial charge in [-0.05, 0) is 85.5 Å². The van der Waals surface area contributed by atoms with E-state index in [2.05, 4.69) is 10.5 Å². The van der Waals surface area contributed by atoms with Crippen molar-refractivity contribution >= 4 is 35.3 Å². The maximum atomic E-state index is 12.4. The quantitative estimate of drug-likeness (QED) is 0.284. The third-order valence-electron chi connectivity index (χ3n) is 4.98. The first-order valence-electron chi connectivity index (χ1n) is 10.6. The average molecular weight is 501 g/mol. The van der Waals surface area contributed by atoms with E-state index in [-0.39, 0.29) is 5.91 Å². The molecule has 0 saturated carbocycles. The van der Waals surface area contributed by atoms with Crippen molar-refractivity contribution in [1.82, 2.24) is 5.43 Å². The van der Waals surface area contributed by atoms with Crippen LogP contribution in [0.1, 0.15) is 29.2 Å². The molecule has 3 aromatic carbocycles. The van der Waals surface area contributed by atoms with Gasteiger partial charge >= 0.3 is 0 Å². The van der Waals surface area contributed by atoms with Gasteiger partial charge in [-0.1, -0.05) is 35.3 Å². The van der Waals surface area contributed by atoms with E-state index in [4.69, 9.17) is 37.4 Å². The average Bonchev–Trinajstić information content (AvgIpc) is 2.82. The number of hydrogen-bond donors (Lipinski definition) is 1. The summed E-state index contributed by atoms with van der Waals surface area (Å²) in [5.41, 5.74) is 5.98. The number of rotatable bonds is 9. The van der Waals surface area contributed by atoms with Crippen LogP contribution >= 0.6 is 23.2 Å². The molecule has 0 spiro atoms. The smallest absolute Gasteiger partial charge is 0.280 e. The summed E-state index contributed by atoms with van der Waals surface area (Å²) in [4.78, 5) is 12.4. The Kier molecular flexibility index (Phi) is 8.79. The van der Waals surface area contributed by atoms with Crippen molar-refractivity contribution in [2.24, 2.45) is 5.10 Å². The van der Waals surface area contributed by atoms with Gasteiger partial charge < -0.3 is 14.2 Å². The molecule has 1 atom stereocenters. The largest absolute Gasteiger partial charge is 0.493 e. The lowest BCUT2D eigenvalue weighted by Crippen LogP contribution is -2.33. The second-order valence-corrected chi connectivity index (χ2v) is 8.51. The Bertz CT molecular complexity index is 1160. The molecular weight excluding hydrogens is 475 g/mol. The summed E-state index contributed by atoms with van der Waals surface area (Å²) in [7, 11) is 1.56. The zero-order valence-electron chi connectivity index (χ0n) is 19.4. The van der Waals surface area contributed by atoms with Crippen molar-refractivity contribution in [3.05, 3.63) is 86.9 Å². The minimum Gasteiger partial charge on any atom is -0.493 e. The summed E-state index contributed by atoms with van der Waals surface area (Å²) in [6.07, 6.45) is 0.780. The fourth-order valence-corrected chi connectivity index (χ4v) is 3.35. The Morgan fingerprint density at radius 3 is 2.35 bits per heavy atom. The molecule has 1 amide bonds. The van der Waals surface area contributed by atoms with Gasteiger partial charge in [-0.3, -0.25) is 4.79 Å². The van der Waals surface area contributed by atoms with Crippen molar-refractivity contribution in [2.75, 3.05) is 7.11 Å². The SMILES string of the molecule is COc1cc(C=NNC(=O)C(C)Oc2cc(C)c(Cl)c(C)c2)ccc1OCc1ccc(Cl)cc1. The Balaban J connectivity index is 1.57. The Morgan fingerprint density at radius 1 is 1.03 bits per heavy atom. The van der Waals surface area contributed by atoms with E-state index in [1.165, 1.54) is 6.21 Å². The van der Waals surface area contributed by atoms with E-state index in [1.807, 2.05) is 44.2 Å². The number of methoxy groups -OCH3 is 1. The molecule has 0 radical (unpaired) electrons. The van der Waals surface area contributed by atoms with Crippen LogP contribution in [0, 0.1) is 13.8 Å². The highest BCUT2D eigenvalue weighted by Gasteiger charge is 2.15. The van der Waals surface area contributed by atoms with Gasteiger partial charge in [0.05, 0.1) is 13.3 Å². The maximum absolute atomic E-state index is 12.4. The zero-order valence-corrected chi connectivity index (χ0v) is 20.9. The first-order chi connectivity index (χ1) is 16.3. The number of hydrazone groups is 1. The number of carbonyl (C=O) groups is 1. The molecule has 0 aliphatic carbocycles. The fraction of sp³-hybridized carbons (Fsp3) is 0.231. The second kappa shape index (κ2) is 11.8. The van der Waals surface area contributed by atoms with Crippen molar-refractivity contribution in [3.63, 3.8) is 0 Å². The standard InChI is InChI=1S/C26H26Cl2N2O4/c1-16-11-22(12-17(2)25(16)28)34-18(3)26(31)30-29-14-20-7-10-23(24(13-20)32-4)33-15-19-5-8-21(27)9-6-19/h5-14,18H,15H2,1-4H3,(H,30,31). The van der Waals surface area contributed by atoms with E-state index < -0.39 is 6.10 Å². The molecule has 8 heteroatoms. The molecule has 0 aliphatic heterocycles. The third kappa shape index (κ3) is 6.89. The lowest BCUT2D eigenvalue weighted by Gasteiger charge is -2.15. The summed E-state index contributed by atoms with van der Waals surface area (Å²) in [6, 6.07) is 16.4. The van der Waals surface area contributed by atoms with Crippen LogP contribution < -0.4 is 19.6 Å². The summed E-state index contributed by atoms with van der Waals surface area (Å²) in [6.45, 7) is 5.81. The first kappa shape index (κ1) is 25.4. The molecule has 0 aromatic heterocycles. The predicted octanol–water partition coefficient (Wildman–Crippen LogP) is 6.12. The van der Waals surface area contributed by atoms with Crippen LogP contribution in [-0.4, -0.2) is 25.3 Å². The number of aryl methyl sites for hydroxylation is 2. The van der Waals surface area contributed by atoms with E-state index in [0.29, 0.717) is 33.9 Å². The number of nitrogens with zero attached hydrogens (tertiary/aromatic N) is 1. The molecule has 3 rings (SSSR count). The molecule has 6 nitrogen and oxygen atoms in total. The number of carbonyl (C=O) groups excluding carboxylic acids is 1. The summed E-state index contributed by atoms with van der Waals surface area (Å²) < 4.78 is 17.0. The van der Waals surface area contributed by atoms with Crippen molar-refractivity contribution in [2.45, 2.75) is 33.5 Å². The van der Waals surface area contributed by atoms with Gasteiger partial charge in [0.25, 0.3) is 5.91 Å². The molecule has 0 fully saturated rings. The van der Waals surface area contributed by atoms with Crippen LogP contribution in [-0.2, 0) is 11.4 Å². The van der Waals surface area contributed by atoms with Gasteiger partial charge in [-0.15, -0.1) is 0 Å². The van der Waals surface area contributed by atoms with Crippen molar-refractivity contribution < 1.29 is 19.0 Å². The Morgan fingerprint density at radius 2 is 1.71 bits per heavy atom. The van der Waals surface area contributed by atoms with Gasteiger partial charge in [0.2, 0.25) is 0 Å². The van der Waals surface area contributed by atoms with Gasteiger partial charge in [0.15, 0.2) is 17.6 Å². The van der Waals surface area contributed by atoms with E-state index in [9.17, 15) is 4.79 Å². The van der Waals surface area contributed by atoms with E-state index in [0.717, 1.165) is 22.3 Å². The van der Waals surface area contributed by atoms with Gasteiger partial charge in [0, 0.05) is 10.0 Å². The minimum absolute atomic E-state index is 0.377. The molecule has 178 valence electrons. The first-order valence-corrected chi connectivity index (χ1v) is 11.3. The van der Waals surface area contributed by atoms with Crippen LogP contribution in [0.4, 0.5) is 0 Å². The summed E-state index contributed by atoms with van der Waals surface area (Å²) >= 11 is 12.1. The normalized spacial score (nSPS) is 11.8. The summed E-state index contributed by atoms with van der Waals surface area (Å²) in [5.74, 6) is 1.34. The lowest BCUT2D eigenvalue weighted by atomic mass is 10.1. The second-order valence-electron chi connectivity index (χ2n) is 7.69. The van der Waals surface area contributed by atoms with Gasteiger partial charge in [-0.25, -0.2) is 5.43 Å². The van der Waals surface area contributed by atoms with E-state index in [1.54, 1.807) is 38.3 Å². The highest BCUT2D eigenvalue weighted by molar-refractivity contribution is 6.32. The number of amides is 1. The highest BCUT2D eigenvalue weighted by Crippen LogP contribution is 2.29. The molecular formula is C26H26Cl2N2O4. The summed E-state index contributed by atoms with van der Waals surface area (Å²) in [5, 5.41) is 5.39. The van der Waals surface area contributed by atoms with Crippen LogP contribution in [0.5, 0.6) is 17.2 Å². The number of benzene rings is 3. The van der Waals surface area contributed by atoms with Crippen LogP contribution in [0.3, 0.4) is 0 Å². The Hall–Kier alpha value is -3.22. The van der Waals surface area contributed by atoms with Gasteiger partial charge in [-0.2, -0.15) is 5.10 Å². The zero-order chi connectivity index (χ0) is 24.7. The lowest BCUT2D eigenvalue weighted by molar-refractivity contribution is -0.127. The number of hydrogen-bond acceptors (Lipinski definition) is 5. The van der Waals surface area contributed by atoms with Crippen LogP contribution in [0.15, 0.2) is 59.7 Å². The number of ether oxygens (including phenoxy) is 3. The topological polar surface area (TPSA) is 69.2 Å². The molecule has 34 heavy (non-hydrogen) atoms. The van der Waals surface area contributed by atoms with Crippen molar-refractivity contribution in [1.29, 1.82) is 0 Å². The van der Waals surface area contributed by atoms with Crippen molar-refractivity contribution in [3.8, 4) is 17.2 Å².